The molecule has 0 saturated heterocycles. The minimum Gasteiger partial charge on any atom is -0.333 e. The molecule has 0 saturated carbocycles. The van der Waals surface area contributed by atoms with Gasteiger partial charge in [-0.25, -0.2) is 4.98 Å². The number of hydrogen-bond donors (Lipinski definition) is 1. The summed E-state index contributed by atoms with van der Waals surface area (Å²) in [5, 5.41) is 7.09. The summed E-state index contributed by atoms with van der Waals surface area (Å²) in [7, 11) is 0. The van der Waals surface area contributed by atoms with Crippen LogP contribution in [-0.4, -0.2) is 19.3 Å². The zero-order chi connectivity index (χ0) is 12.3. The third kappa shape index (κ3) is 2.35. The highest BCUT2D eigenvalue weighted by Crippen LogP contribution is 2.09. The van der Waals surface area contributed by atoms with E-state index < -0.39 is 0 Å². The number of anilines is 2. The van der Waals surface area contributed by atoms with E-state index in [0.717, 1.165) is 12.2 Å². The van der Waals surface area contributed by atoms with Crippen LogP contribution < -0.4 is 10.9 Å². The number of hydrogen-bond acceptors (Lipinski definition) is 4. The summed E-state index contributed by atoms with van der Waals surface area (Å²) in [4.78, 5) is 15.9. The quantitative estimate of drug-likeness (QED) is 0.862. The van der Waals surface area contributed by atoms with Gasteiger partial charge in [-0.05, 0) is 13.8 Å². The van der Waals surface area contributed by atoms with Gasteiger partial charge in [0.25, 0.3) is 5.56 Å². The normalized spacial score (nSPS) is 10.5. The standard InChI is InChI=1S/C11H15N5O/c1-3-15-6-5-12-10(11(15)17)14-9-7-13-16(4-2)8-9/h5-8H,3-4H2,1-2H3,(H,12,14). The number of rotatable bonds is 4. The molecule has 0 aliphatic heterocycles. The Balaban J connectivity index is 2.27. The van der Waals surface area contributed by atoms with Crippen LogP contribution in [0, 0.1) is 0 Å². The van der Waals surface area contributed by atoms with Gasteiger partial charge in [-0.15, -0.1) is 0 Å². The van der Waals surface area contributed by atoms with Crippen molar-refractivity contribution in [1.82, 2.24) is 19.3 Å². The predicted octanol–water partition coefficient (Wildman–Crippen LogP) is 1.22. The Morgan fingerprint density at radius 2 is 2.18 bits per heavy atom. The van der Waals surface area contributed by atoms with Gasteiger partial charge < -0.3 is 9.88 Å². The molecule has 2 rings (SSSR count). The fourth-order valence-electron chi connectivity index (χ4n) is 1.52. The summed E-state index contributed by atoms with van der Waals surface area (Å²) in [6, 6.07) is 0. The molecule has 0 unspecified atom stereocenters. The lowest BCUT2D eigenvalue weighted by molar-refractivity contribution is 0.660. The molecular weight excluding hydrogens is 218 g/mol. The maximum Gasteiger partial charge on any atom is 0.293 e. The zero-order valence-electron chi connectivity index (χ0n) is 9.92. The molecule has 17 heavy (non-hydrogen) atoms. The highest BCUT2D eigenvalue weighted by atomic mass is 16.1. The van der Waals surface area contributed by atoms with E-state index in [1.807, 2.05) is 20.0 Å². The van der Waals surface area contributed by atoms with Gasteiger partial charge in [0.05, 0.1) is 11.9 Å². The first-order valence-corrected chi connectivity index (χ1v) is 5.59. The Morgan fingerprint density at radius 1 is 1.35 bits per heavy atom. The molecule has 0 atom stereocenters. The van der Waals surface area contributed by atoms with Crippen molar-refractivity contribution in [1.29, 1.82) is 0 Å². The summed E-state index contributed by atoms with van der Waals surface area (Å²) in [6.45, 7) is 5.34. The van der Waals surface area contributed by atoms with Crippen molar-refractivity contribution < 1.29 is 0 Å². The smallest absolute Gasteiger partial charge is 0.293 e. The zero-order valence-corrected chi connectivity index (χ0v) is 9.92. The Morgan fingerprint density at radius 3 is 2.82 bits per heavy atom. The van der Waals surface area contributed by atoms with Crippen LogP contribution in [0.2, 0.25) is 0 Å². The molecule has 0 radical (unpaired) electrons. The molecule has 0 aromatic carbocycles. The second kappa shape index (κ2) is 4.82. The number of nitrogens with zero attached hydrogens (tertiary/aromatic N) is 4. The third-order valence-corrected chi connectivity index (χ3v) is 2.47. The summed E-state index contributed by atoms with van der Waals surface area (Å²) in [5.74, 6) is 0.324. The van der Waals surface area contributed by atoms with Crippen LogP contribution in [0.3, 0.4) is 0 Å². The lowest BCUT2D eigenvalue weighted by Gasteiger charge is -2.05. The molecule has 6 heteroatoms. The second-order valence-corrected chi connectivity index (χ2v) is 3.58. The molecule has 1 N–H and O–H groups in total. The van der Waals surface area contributed by atoms with Gasteiger partial charge in [0.1, 0.15) is 0 Å². The van der Waals surface area contributed by atoms with Crippen LogP contribution in [0.1, 0.15) is 13.8 Å². The molecule has 0 bridgehead atoms. The molecule has 0 amide bonds. The monoisotopic (exact) mass is 233 g/mol. The summed E-state index contributed by atoms with van der Waals surface area (Å²) < 4.78 is 3.38. The van der Waals surface area contributed by atoms with E-state index in [4.69, 9.17) is 0 Å². The first-order valence-electron chi connectivity index (χ1n) is 5.59. The molecule has 2 aromatic heterocycles. The molecule has 90 valence electrons. The largest absolute Gasteiger partial charge is 0.333 e. The lowest BCUT2D eigenvalue weighted by Crippen LogP contribution is -2.22. The first-order chi connectivity index (χ1) is 8.24. The molecule has 0 aliphatic rings. The van der Waals surface area contributed by atoms with E-state index >= 15 is 0 Å². The predicted molar refractivity (Wildman–Crippen MR) is 65.4 cm³/mol. The Labute approximate surface area is 98.9 Å². The van der Waals surface area contributed by atoms with E-state index in [9.17, 15) is 4.79 Å². The van der Waals surface area contributed by atoms with Crippen molar-refractivity contribution in [3.8, 4) is 0 Å². The van der Waals surface area contributed by atoms with E-state index in [2.05, 4.69) is 15.4 Å². The Kier molecular flexibility index (Phi) is 3.22. The van der Waals surface area contributed by atoms with Gasteiger partial charge >= 0.3 is 0 Å². The Hall–Kier alpha value is -2.11. The fraction of sp³-hybridized carbons (Fsp3) is 0.364. The van der Waals surface area contributed by atoms with E-state index in [0.29, 0.717) is 12.4 Å². The molecule has 0 spiro atoms. The van der Waals surface area contributed by atoms with Crippen LogP contribution in [0.15, 0.2) is 29.6 Å². The number of aryl methyl sites for hydroxylation is 2. The lowest BCUT2D eigenvalue weighted by atomic mass is 10.5. The van der Waals surface area contributed by atoms with E-state index in [1.54, 1.807) is 27.8 Å². The van der Waals surface area contributed by atoms with E-state index in [-0.39, 0.29) is 5.56 Å². The SMILES string of the molecule is CCn1cc(Nc2nccn(CC)c2=O)cn1. The molecule has 0 fully saturated rings. The Bertz CT molecular complexity index is 557. The van der Waals surface area contributed by atoms with Gasteiger partial charge in [-0.1, -0.05) is 0 Å². The minimum atomic E-state index is -0.126. The molecule has 2 heterocycles. The van der Waals surface area contributed by atoms with Gasteiger partial charge in [0.15, 0.2) is 5.82 Å². The van der Waals surface area contributed by atoms with Gasteiger partial charge in [-0.2, -0.15) is 5.10 Å². The summed E-state index contributed by atoms with van der Waals surface area (Å²) in [6.07, 6.45) is 6.79. The second-order valence-electron chi connectivity index (χ2n) is 3.58. The van der Waals surface area contributed by atoms with Crippen molar-refractivity contribution in [2.75, 3.05) is 5.32 Å². The van der Waals surface area contributed by atoms with Crippen molar-refractivity contribution in [2.24, 2.45) is 0 Å². The number of nitrogens with one attached hydrogen (secondary N) is 1. The highest BCUT2D eigenvalue weighted by Gasteiger charge is 2.05. The average Bonchev–Trinajstić information content (AvgIpc) is 2.79. The van der Waals surface area contributed by atoms with Crippen molar-refractivity contribution in [3.05, 3.63) is 35.1 Å². The van der Waals surface area contributed by atoms with Gasteiger partial charge in [-0.3, -0.25) is 9.48 Å². The summed E-state index contributed by atoms with van der Waals surface area (Å²) in [5.41, 5.74) is 0.643. The van der Waals surface area contributed by atoms with Crippen LogP contribution >= 0.6 is 0 Å². The van der Waals surface area contributed by atoms with Gasteiger partial charge in [0.2, 0.25) is 0 Å². The van der Waals surface area contributed by atoms with Gasteiger partial charge in [0, 0.05) is 31.7 Å². The molecule has 6 nitrogen and oxygen atoms in total. The van der Waals surface area contributed by atoms with E-state index in [1.165, 1.54) is 0 Å². The molecule has 0 aliphatic carbocycles. The first kappa shape index (κ1) is 11.4. The average molecular weight is 233 g/mol. The topological polar surface area (TPSA) is 64.7 Å². The molecule has 2 aromatic rings. The minimum absolute atomic E-state index is 0.126. The van der Waals surface area contributed by atoms with Crippen molar-refractivity contribution >= 4 is 11.5 Å². The number of aromatic nitrogens is 4. The fourth-order valence-corrected chi connectivity index (χ4v) is 1.52. The maximum absolute atomic E-state index is 11.9. The third-order valence-electron chi connectivity index (χ3n) is 2.47. The maximum atomic E-state index is 11.9. The molecular formula is C11H15N5O. The van der Waals surface area contributed by atoms with Crippen LogP contribution in [-0.2, 0) is 13.1 Å². The van der Waals surface area contributed by atoms with Crippen molar-refractivity contribution in [2.45, 2.75) is 26.9 Å². The van der Waals surface area contributed by atoms with Crippen LogP contribution in [0.5, 0.6) is 0 Å². The highest BCUT2D eigenvalue weighted by molar-refractivity contribution is 5.52. The van der Waals surface area contributed by atoms with Crippen LogP contribution in [0.25, 0.3) is 0 Å². The van der Waals surface area contributed by atoms with Crippen LogP contribution in [0.4, 0.5) is 11.5 Å². The van der Waals surface area contributed by atoms with Crippen molar-refractivity contribution in [3.63, 3.8) is 0 Å². The summed E-state index contributed by atoms with van der Waals surface area (Å²) >= 11 is 0.